The van der Waals surface area contributed by atoms with E-state index in [1.807, 2.05) is 24.3 Å². The van der Waals surface area contributed by atoms with E-state index in [0.29, 0.717) is 16.5 Å². The van der Waals surface area contributed by atoms with Gasteiger partial charge in [0.1, 0.15) is 9.88 Å². The average molecular weight is 330 g/mol. The first kappa shape index (κ1) is 15.3. The van der Waals surface area contributed by atoms with E-state index < -0.39 is 5.97 Å². The zero-order valence-corrected chi connectivity index (χ0v) is 13.0. The standard InChI is InChI=1S/C13H12ClNO3S2/c1-18-6-10-12(13(16)17)20-11(15-10)7-19-9-4-2-8(14)3-5-9/h2-5H,6-7H2,1H3,(H,16,17). The van der Waals surface area contributed by atoms with Crippen LogP contribution in [-0.2, 0) is 17.1 Å². The highest BCUT2D eigenvalue weighted by atomic mass is 35.5. The highest BCUT2D eigenvalue weighted by Gasteiger charge is 2.17. The van der Waals surface area contributed by atoms with Crippen LogP contribution in [0.25, 0.3) is 0 Å². The second kappa shape index (κ2) is 7.08. The van der Waals surface area contributed by atoms with Crippen molar-refractivity contribution in [2.45, 2.75) is 17.3 Å². The Labute approximate surface area is 129 Å². The Balaban J connectivity index is 2.07. The van der Waals surface area contributed by atoms with Gasteiger partial charge in [-0.25, -0.2) is 9.78 Å². The number of rotatable bonds is 6. The van der Waals surface area contributed by atoms with Crippen molar-refractivity contribution in [2.24, 2.45) is 0 Å². The molecular weight excluding hydrogens is 318 g/mol. The van der Waals surface area contributed by atoms with Gasteiger partial charge in [-0.3, -0.25) is 0 Å². The molecular formula is C13H12ClNO3S2. The molecule has 1 N–H and O–H groups in total. The molecule has 106 valence electrons. The Morgan fingerprint density at radius 1 is 1.45 bits per heavy atom. The lowest BCUT2D eigenvalue weighted by atomic mass is 10.4. The Kier molecular flexibility index (Phi) is 5.42. The van der Waals surface area contributed by atoms with E-state index in [9.17, 15) is 4.79 Å². The summed E-state index contributed by atoms with van der Waals surface area (Å²) in [6.45, 7) is 0.212. The average Bonchev–Trinajstić information content (AvgIpc) is 2.82. The van der Waals surface area contributed by atoms with Crippen LogP contribution >= 0.6 is 34.7 Å². The molecule has 0 aliphatic carbocycles. The van der Waals surface area contributed by atoms with Crippen LogP contribution in [0.2, 0.25) is 5.02 Å². The summed E-state index contributed by atoms with van der Waals surface area (Å²) in [5.41, 5.74) is 0.483. The molecule has 0 atom stereocenters. The maximum Gasteiger partial charge on any atom is 0.347 e. The van der Waals surface area contributed by atoms with Crippen molar-refractivity contribution in [3.8, 4) is 0 Å². The van der Waals surface area contributed by atoms with E-state index in [1.165, 1.54) is 18.4 Å². The SMILES string of the molecule is COCc1nc(CSc2ccc(Cl)cc2)sc1C(=O)O. The second-order valence-electron chi connectivity index (χ2n) is 3.86. The number of hydrogen-bond donors (Lipinski definition) is 1. The summed E-state index contributed by atoms with van der Waals surface area (Å²) >= 11 is 8.61. The molecule has 1 heterocycles. The molecule has 0 aliphatic rings. The van der Waals surface area contributed by atoms with Crippen molar-refractivity contribution in [3.05, 3.63) is 44.9 Å². The number of halogens is 1. The van der Waals surface area contributed by atoms with Crippen molar-refractivity contribution < 1.29 is 14.6 Å². The largest absolute Gasteiger partial charge is 0.477 e. The number of aromatic nitrogens is 1. The van der Waals surface area contributed by atoms with E-state index >= 15 is 0 Å². The molecule has 0 fully saturated rings. The number of benzene rings is 1. The van der Waals surface area contributed by atoms with Crippen LogP contribution in [0.15, 0.2) is 29.2 Å². The molecule has 7 heteroatoms. The smallest absolute Gasteiger partial charge is 0.347 e. The molecule has 4 nitrogen and oxygen atoms in total. The quantitative estimate of drug-likeness (QED) is 0.813. The second-order valence-corrected chi connectivity index (χ2v) is 6.43. The molecule has 0 saturated carbocycles. The molecule has 0 amide bonds. The fourth-order valence-electron chi connectivity index (χ4n) is 1.54. The summed E-state index contributed by atoms with van der Waals surface area (Å²) in [5.74, 6) is -0.340. The molecule has 2 rings (SSSR count). The fourth-order valence-corrected chi connectivity index (χ4v) is 3.46. The monoisotopic (exact) mass is 329 g/mol. The maximum absolute atomic E-state index is 11.1. The molecule has 2 aromatic rings. The molecule has 1 aromatic heterocycles. The van der Waals surface area contributed by atoms with Crippen LogP contribution in [0.1, 0.15) is 20.4 Å². The Morgan fingerprint density at radius 3 is 2.75 bits per heavy atom. The van der Waals surface area contributed by atoms with Gasteiger partial charge in [-0.15, -0.1) is 23.1 Å². The van der Waals surface area contributed by atoms with Gasteiger partial charge in [-0.05, 0) is 24.3 Å². The number of carboxylic acid groups (broad SMARTS) is 1. The number of methoxy groups -OCH3 is 1. The predicted molar refractivity (Wildman–Crippen MR) is 80.8 cm³/mol. The highest BCUT2D eigenvalue weighted by Crippen LogP contribution is 2.28. The van der Waals surface area contributed by atoms with Crippen LogP contribution in [0.4, 0.5) is 0 Å². The summed E-state index contributed by atoms with van der Waals surface area (Å²) in [4.78, 5) is 16.7. The molecule has 0 unspecified atom stereocenters. The summed E-state index contributed by atoms with van der Waals surface area (Å²) in [6, 6.07) is 7.50. The van der Waals surface area contributed by atoms with Gasteiger partial charge < -0.3 is 9.84 Å². The van der Waals surface area contributed by atoms with Gasteiger partial charge in [0.2, 0.25) is 0 Å². The van der Waals surface area contributed by atoms with Crippen molar-refractivity contribution in [1.82, 2.24) is 4.98 Å². The van der Waals surface area contributed by atoms with E-state index in [4.69, 9.17) is 21.4 Å². The van der Waals surface area contributed by atoms with Crippen LogP contribution in [0.5, 0.6) is 0 Å². The minimum absolute atomic E-state index is 0.212. The third-order valence-electron chi connectivity index (χ3n) is 2.39. The zero-order chi connectivity index (χ0) is 14.5. The fraction of sp³-hybridized carbons (Fsp3) is 0.231. The van der Waals surface area contributed by atoms with Gasteiger partial charge in [-0.2, -0.15) is 0 Å². The first-order valence-electron chi connectivity index (χ1n) is 5.69. The number of thioether (sulfide) groups is 1. The molecule has 0 saturated heterocycles. The Hall–Kier alpha value is -1.08. The van der Waals surface area contributed by atoms with Gasteiger partial charge in [0.15, 0.2) is 0 Å². The topological polar surface area (TPSA) is 59.4 Å². The molecule has 1 aromatic carbocycles. The van der Waals surface area contributed by atoms with Gasteiger partial charge in [-0.1, -0.05) is 11.6 Å². The normalized spacial score (nSPS) is 10.7. The Morgan fingerprint density at radius 2 is 2.15 bits per heavy atom. The molecule has 0 aliphatic heterocycles. The number of carbonyl (C=O) groups is 1. The summed E-state index contributed by atoms with van der Waals surface area (Å²) in [6.07, 6.45) is 0. The number of hydrogen-bond acceptors (Lipinski definition) is 5. The van der Waals surface area contributed by atoms with Crippen molar-refractivity contribution in [2.75, 3.05) is 7.11 Å². The van der Waals surface area contributed by atoms with Gasteiger partial charge >= 0.3 is 5.97 Å². The first-order chi connectivity index (χ1) is 9.60. The van der Waals surface area contributed by atoms with Crippen molar-refractivity contribution in [1.29, 1.82) is 0 Å². The third-order valence-corrected chi connectivity index (χ3v) is 4.94. The van der Waals surface area contributed by atoms with Crippen LogP contribution in [0, 0.1) is 0 Å². The predicted octanol–water partition coefficient (Wildman–Crippen LogP) is 3.93. The van der Waals surface area contributed by atoms with E-state index in [1.54, 1.807) is 11.8 Å². The summed E-state index contributed by atoms with van der Waals surface area (Å²) in [7, 11) is 1.52. The number of thiazole rings is 1. The maximum atomic E-state index is 11.1. The van der Waals surface area contributed by atoms with E-state index in [-0.39, 0.29) is 11.5 Å². The molecule has 0 bridgehead atoms. The first-order valence-corrected chi connectivity index (χ1v) is 7.87. The number of aromatic carboxylic acids is 1. The zero-order valence-electron chi connectivity index (χ0n) is 10.6. The van der Waals surface area contributed by atoms with Gasteiger partial charge in [0, 0.05) is 17.0 Å². The minimum Gasteiger partial charge on any atom is -0.477 e. The lowest BCUT2D eigenvalue weighted by Crippen LogP contribution is -1.99. The van der Waals surface area contributed by atoms with E-state index in [0.717, 1.165) is 9.90 Å². The van der Waals surface area contributed by atoms with Crippen LogP contribution in [0.3, 0.4) is 0 Å². The summed E-state index contributed by atoms with van der Waals surface area (Å²) in [5, 5.41) is 10.6. The molecule has 0 radical (unpaired) electrons. The van der Waals surface area contributed by atoms with Gasteiger partial charge in [0.05, 0.1) is 18.1 Å². The van der Waals surface area contributed by atoms with Crippen molar-refractivity contribution in [3.63, 3.8) is 0 Å². The minimum atomic E-state index is -0.961. The molecule has 0 spiro atoms. The number of nitrogens with zero attached hydrogens (tertiary/aromatic N) is 1. The number of carboxylic acids is 1. The lowest BCUT2D eigenvalue weighted by Gasteiger charge is -1.99. The lowest BCUT2D eigenvalue weighted by molar-refractivity contribution is 0.0697. The van der Waals surface area contributed by atoms with Crippen LogP contribution < -0.4 is 0 Å². The number of ether oxygens (including phenoxy) is 1. The highest BCUT2D eigenvalue weighted by molar-refractivity contribution is 7.98. The summed E-state index contributed by atoms with van der Waals surface area (Å²) < 4.78 is 4.97. The van der Waals surface area contributed by atoms with Gasteiger partial charge in [0.25, 0.3) is 0 Å². The molecule has 20 heavy (non-hydrogen) atoms. The third kappa shape index (κ3) is 3.96. The van der Waals surface area contributed by atoms with E-state index in [2.05, 4.69) is 4.98 Å². The Bertz CT molecular complexity index is 598. The van der Waals surface area contributed by atoms with Crippen molar-refractivity contribution >= 4 is 40.7 Å². The van der Waals surface area contributed by atoms with Crippen LogP contribution in [-0.4, -0.2) is 23.2 Å².